The minimum absolute atomic E-state index is 0.755. The van der Waals surface area contributed by atoms with Crippen molar-refractivity contribution in [2.75, 3.05) is 33.3 Å². The van der Waals surface area contributed by atoms with Gasteiger partial charge in [0, 0.05) is 13.1 Å². The van der Waals surface area contributed by atoms with Crippen LogP contribution in [-0.2, 0) is 6.54 Å². The summed E-state index contributed by atoms with van der Waals surface area (Å²) >= 11 is 0. The molecule has 0 aromatic heterocycles. The molecule has 0 bridgehead atoms. The van der Waals surface area contributed by atoms with E-state index in [4.69, 9.17) is 4.74 Å². The molecule has 1 aromatic carbocycles. The van der Waals surface area contributed by atoms with E-state index in [-0.39, 0.29) is 0 Å². The lowest BCUT2D eigenvalue weighted by Crippen LogP contribution is -2.25. The molecule has 3 nitrogen and oxygen atoms in total. The van der Waals surface area contributed by atoms with Gasteiger partial charge in [0.25, 0.3) is 0 Å². The summed E-state index contributed by atoms with van der Waals surface area (Å²) in [7, 11) is 2.15. The Morgan fingerprint density at radius 3 is 2.79 bits per heavy atom. The normalized spacial score (nSPS) is 10.9. The van der Waals surface area contributed by atoms with Crippen LogP contribution in [0.3, 0.4) is 0 Å². The van der Waals surface area contributed by atoms with Crippen molar-refractivity contribution in [3.8, 4) is 5.75 Å². The molecule has 0 spiro atoms. The zero-order valence-corrected chi connectivity index (χ0v) is 12.6. The molecule has 0 aliphatic rings. The van der Waals surface area contributed by atoms with Crippen molar-refractivity contribution >= 4 is 0 Å². The number of unbranched alkanes of at least 4 members (excludes halogenated alkanes) is 1. The molecule has 0 saturated carbocycles. The van der Waals surface area contributed by atoms with Gasteiger partial charge in [-0.2, -0.15) is 0 Å². The van der Waals surface area contributed by atoms with E-state index in [1.807, 2.05) is 6.07 Å². The second-order valence-corrected chi connectivity index (χ2v) is 4.93. The average Bonchev–Trinajstić information content (AvgIpc) is 2.43. The maximum atomic E-state index is 5.81. The van der Waals surface area contributed by atoms with Gasteiger partial charge in [-0.15, -0.1) is 0 Å². The molecular weight excluding hydrogens is 236 g/mol. The van der Waals surface area contributed by atoms with E-state index in [2.05, 4.69) is 49.3 Å². The Morgan fingerprint density at radius 1 is 1.21 bits per heavy atom. The minimum atomic E-state index is 0.755. The first-order chi connectivity index (χ1) is 9.26. The third kappa shape index (κ3) is 7.19. The number of nitrogens with one attached hydrogen (secondary N) is 1. The van der Waals surface area contributed by atoms with Crippen LogP contribution in [0, 0.1) is 0 Å². The zero-order valence-electron chi connectivity index (χ0n) is 12.6. The summed E-state index contributed by atoms with van der Waals surface area (Å²) in [6, 6.07) is 8.34. The zero-order chi connectivity index (χ0) is 13.9. The number of rotatable bonds is 10. The molecule has 0 saturated heterocycles. The highest BCUT2D eigenvalue weighted by atomic mass is 16.5. The van der Waals surface area contributed by atoms with Crippen LogP contribution >= 0.6 is 0 Å². The summed E-state index contributed by atoms with van der Waals surface area (Å²) in [5.41, 5.74) is 1.28. The minimum Gasteiger partial charge on any atom is -0.492 e. The standard InChI is InChI=1S/C16H28N2O/c1-4-6-10-18(3)11-12-19-16-9-7-8-15(13-16)14-17-5-2/h7-9,13,17H,4-6,10-12,14H2,1-3H3. The summed E-state index contributed by atoms with van der Waals surface area (Å²) in [5, 5.41) is 3.33. The largest absolute Gasteiger partial charge is 0.492 e. The van der Waals surface area contributed by atoms with Gasteiger partial charge in [-0.05, 0) is 44.3 Å². The summed E-state index contributed by atoms with van der Waals surface area (Å²) in [6.45, 7) is 9.13. The molecule has 0 radical (unpaired) electrons. The van der Waals surface area contributed by atoms with Gasteiger partial charge in [0.1, 0.15) is 12.4 Å². The number of benzene rings is 1. The topological polar surface area (TPSA) is 24.5 Å². The average molecular weight is 264 g/mol. The molecule has 108 valence electrons. The molecule has 19 heavy (non-hydrogen) atoms. The van der Waals surface area contributed by atoms with Crippen LogP contribution < -0.4 is 10.1 Å². The Balaban J connectivity index is 2.28. The van der Waals surface area contributed by atoms with E-state index < -0.39 is 0 Å². The Bertz CT molecular complexity index is 341. The van der Waals surface area contributed by atoms with E-state index in [0.717, 1.165) is 38.5 Å². The Kier molecular flexibility index (Phi) is 8.26. The van der Waals surface area contributed by atoms with Crippen LogP contribution in [-0.4, -0.2) is 38.2 Å². The van der Waals surface area contributed by atoms with Gasteiger partial charge in [0.05, 0.1) is 0 Å². The number of nitrogens with zero attached hydrogens (tertiary/aromatic N) is 1. The second-order valence-electron chi connectivity index (χ2n) is 4.93. The fourth-order valence-corrected chi connectivity index (χ4v) is 1.87. The second kappa shape index (κ2) is 9.82. The first-order valence-corrected chi connectivity index (χ1v) is 7.37. The number of ether oxygens (including phenoxy) is 1. The van der Waals surface area contributed by atoms with Gasteiger partial charge >= 0.3 is 0 Å². The summed E-state index contributed by atoms with van der Waals surface area (Å²) in [5.74, 6) is 0.972. The highest BCUT2D eigenvalue weighted by Gasteiger charge is 2.00. The monoisotopic (exact) mass is 264 g/mol. The van der Waals surface area contributed by atoms with Crippen LogP contribution in [0.4, 0.5) is 0 Å². The van der Waals surface area contributed by atoms with Crippen LogP contribution in [0.15, 0.2) is 24.3 Å². The maximum absolute atomic E-state index is 5.81. The Labute approximate surface area is 118 Å². The predicted octanol–water partition coefficient (Wildman–Crippen LogP) is 2.91. The maximum Gasteiger partial charge on any atom is 0.119 e. The molecule has 3 heteroatoms. The van der Waals surface area contributed by atoms with Crippen molar-refractivity contribution in [2.45, 2.75) is 33.2 Å². The summed E-state index contributed by atoms with van der Waals surface area (Å²) in [4.78, 5) is 2.33. The molecule has 0 amide bonds. The molecule has 0 aliphatic carbocycles. The van der Waals surface area contributed by atoms with E-state index in [1.165, 1.54) is 18.4 Å². The van der Waals surface area contributed by atoms with Gasteiger partial charge in [-0.3, -0.25) is 0 Å². The van der Waals surface area contributed by atoms with Crippen molar-refractivity contribution in [1.29, 1.82) is 0 Å². The predicted molar refractivity (Wildman–Crippen MR) is 81.7 cm³/mol. The fraction of sp³-hybridized carbons (Fsp3) is 0.625. The lowest BCUT2D eigenvalue weighted by atomic mass is 10.2. The molecule has 0 unspecified atom stereocenters. The summed E-state index contributed by atoms with van der Waals surface area (Å²) < 4.78 is 5.81. The van der Waals surface area contributed by atoms with Gasteiger partial charge in [-0.1, -0.05) is 32.4 Å². The van der Waals surface area contributed by atoms with Crippen LogP contribution in [0.25, 0.3) is 0 Å². The number of hydrogen-bond donors (Lipinski definition) is 1. The molecule has 0 fully saturated rings. The third-order valence-electron chi connectivity index (χ3n) is 3.11. The smallest absolute Gasteiger partial charge is 0.119 e. The van der Waals surface area contributed by atoms with Crippen molar-refractivity contribution in [3.63, 3.8) is 0 Å². The van der Waals surface area contributed by atoms with Crippen molar-refractivity contribution in [3.05, 3.63) is 29.8 Å². The van der Waals surface area contributed by atoms with E-state index in [1.54, 1.807) is 0 Å². The van der Waals surface area contributed by atoms with Gasteiger partial charge in [-0.25, -0.2) is 0 Å². The van der Waals surface area contributed by atoms with Crippen molar-refractivity contribution in [1.82, 2.24) is 10.2 Å². The summed E-state index contributed by atoms with van der Waals surface area (Å²) in [6.07, 6.45) is 2.51. The SMILES string of the molecule is CCCCN(C)CCOc1cccc(CNCC)c1. The van der Waals surface area contributed by atoms with E-state index >= 15 is 0 Å². The van der Waals surface area contributed by atoms with Gasteiger partial charge in [0.2, 0.25) is 0 Å². The Hall–Kier alpha value is -1.06. The molecule has 1 aromatic rings. The van der Waals surface area contributed by atoms with Gasteiger partial charge < -0.3 is 15.0 Å². The van der Waals surface area contributed by atoms with Crippen molar-refractivity contribution < 1.29 is 4.74 Å². The number of likely N-dealkylation sites (N-methyl/N-ethyl adjacent to an activating group) is 1. The van der Waals surface area contributed by atoms with Crippen LogP contribution in [0.5, 0.6) is 5.75 Å². The first-order valence-electron chi connectivity index (χ1n) is 7.37. The quantitative estimate of drug-likeness (QED) is 0.703. The molecule has 1 rings (SSSR count). The highest BCUT2D eigenvalue weighted by molar-refractivity contribution is 5.28. The molecule has 0 heterocycles. The highest BCUT2D eigenvalue weighted by Crippen LogP contribution is 2.13. The molecule has 0 atom stereocenters. The molecule has 1 N–H and O–H groups in total. The third-order valence-corrected chi connectivity index (χ3v) is 3.11. The fourth-order valence-electron chi connectivity index (χ4n) is 1.87. The van der Waals surface area contributed by atoms with Crippen LogP contribution in [0.1, 0.15) is 32.3 Å². The molecule has 0 aliphatic heterocycles. The van der Waals surface area contributed by atoms with Gasteiger partial charge in [0.15, 0.2) is 0 Å². The molecular formula is C16H28N2O. The first kappa shape index (κ1) is 16.0. The lowest BCUT2D eigenvalue weighted by Gasteiger charge is -2.16. The van der Waals surface area contributed by atoms with Crippen LogP contribution in [0.2, 0.25) is 0 Å². The van der Waals surface area contributed by atoms with E-state index in [9.17, 15) is 0 Å². The number of hydrogen-bond acceptors (Lipinski definition) is 3. The Morgan fingerprint density at radius 2 is 2.05 bits per heavy atom. The van der Waals surface area contributed by atoms with E-state index in [0.29, 0.717) is 0 Å². The van der Waals surface area contributed by atoms with Crippen molar-refractivity contribution in [2.24, 2.45) is 0 Å². The lowest BCUT2D eigenvalue weighted by molar-refractivity contribution is 0.235.